The molecule has 1 aromatic heterocycles. The zero-order valence-corrected chi connectivity index (χ0v) is 13.7. The number of hydrogen-bond donors (Lipinski definition) is 1. The van der Waals surface area contributed by atoms with E-state index in [4.69, 9.17) is 23.2 Å². The second-order valence-corrected chi connectivity index (χ2v) is 5.72. The number of aromatic nitrogens is 3. The van der Waals surface area contributed by atoms with Crippen LogP contribution in [0.4, 0.5) is 11.4 Å². The number of non-ortho nitro benzene ring substituents is 1. The molecule has 0 bridgehead atoms. The fourth-order valence-electron chi connectivity index (χ4n) is 2.13. The van der Waals surface area contributed by atoms with Crippen molar-refractivity contribution in [3.05, 3.63) is 74.8 Å². The number of anilines is 1. The summed E-state index contributed by atoms with van der Waals surface area (Å²) in [5.74, 6) is 0. The number of nitro groups is 1. The minimum absolute atomic E-state index is 0.146. The normalized spacial score (nSPS) is 10.6. The Balaban J connectivity index is 1.73. The van der Waals surface area contributed by atoms with Gasteiger partial charge in [-0.1, -0.05) is 35.3 Å². The van der Waals surface area contributed by atoms with E-state index in [9.17, 15) is 10.1 Å². The zero-order chi connectivity index (χ0) is 17.1. The molecule has 0 saturated heterocycles. The van der Waals surface area contributed by atoms with Gasteiger partial charge in [-0.2, -0.15) is 5.10 Å². The van der Waals surface area contributed by atoms with Gasteiger partial charge in [0, 0.05) is 18.7 Å². The largest absolute Gasteiger partial charge is 0.379 e. The van der Waals surface area contributed by atoms with Gasteiger partial charge in [0.25, 0.3) is 5.69 Å². The maximum absolute atomic E-state index is 10.8. The van der Waals surface area contributed by atoms with Crippen molar-refractivity contribution in [3.8, 4) is 5.69 Å². The van der Waals surface area contributed by atoms with Crippen LogP contribution in [-0.2, 0) is 6.54 Å². The molecule has 7 nitrogen and oxygen atoms in total. The predicted octanol–water partition coefficient (Wildman–Crippen LogP) is 4.09. The van der Waals surface area contributed by atoms with E-state index in [2.05, 4.69) is 15.4 Å². The molecule has 1 N–H and O–H groups in total. The van der Waals surface area contributed by atoms with Gasteiger partial charge in [-0.15, -0.1) is 0 Å². The van der Waals surface area contributed by atoms with Crippen LogP contribution >= 0.6 is 23.2 Å². The molecule has 0 fully saturated rings. The number of hydrogen-bond acceptors (Lipinski definition) is 5. The van der Waals surface area contributed by atoms with Crippen LogP contribution in [0.15, 0.2) is 49.1 Å². The van der Waals surface area contributed by atoms with Crippen molar-refractivity contribution in [3.63, 3.8) is 0 Å². The monoisotopic (exact) mass is 363 g/mol. The molecule has 122 valence electrons. The van der Waals surface area contributed by atoms with E-state index in [0.717, 1.165) is 11.3 Å². The Kier molecular flexibility index (Phi) is 4.64. The molecule has 3 rings (SSSR count). The molecule has 24 heavy (non-hydrogen) atoms. The van der Waals surface area contributed by atoms with Crippen molar-refractivity contribution >= 4 is 34.6 Å². The summed E-state index contributed by atoms with van der Waals surface area (Å²) in [5, 5.41) is 18.3. The molecule has 2 aromatic carbocycles. The van der Waals surface area contributed by atoms with Gasteiger partial charge in [0.15, 0.2) is 0 Å². The van der Waals surface area contributed by atoms with Crippen LogP contribution in [0.5, 0.6) is 0 Å². The van der Waals surface area contributed by atoms with E-state index < -0.39 is 4.92 Å². The Morgan fingerprint density at radius 3 is 2.38 bits per heavy atom. The van der Waals surface area contributed by atoms with Crippen LogP contribution in [0.3, 0.4) is 0 Å². The van der Waals surface area contributed by atoms with Crippen LogP contribution in [0.2, 0.25) is 10.0 Å². The lowest BCUT2D eigenvalue weighted by Crippen LogP contribution is -2.02. The number of nitrogens with one attached hydrogen (secondary N) is 1. The molecule has 0 aliphatic rings. The highest BCUT2D eigenvalue weighted by Gasteiger charge is 2.14. The Labute approximate surface area is 147 Å². The van der Waals surface area contributed by atoms with Gasteiger partial charge in [-0.25, -0.2) is 9.67 Å². The summed E-state index contributed by atoms with van der Waals surface area (Å²) in [6.07, 6.45) is 3.08. The number of halogens is 2. The molecule has 0 aliphatic carbocycles. The number of rotatable bonds is 5. The SMILES string of the molecule is O=[N+]([O-])c1cc(Cl)c(NCc2ccc(-n3cncn3)cc2)c(Cl)c1. The van der Waals surface area contributed by atoms with Crippen molar-refractivity contribution in [2.75, 3.05) is 5.32 Å². The van der Waals surface area contributed by atoms with Gasteiger partial charge < -0.3 is 5.32 Å². The highest BCUT2D eigenvalue weighted by atomic mass is 35.5. The van der Waals surface area contributed by atoms with Crippen molar-refractivity contribution in [1.82, 2.24) is 14.8 Å². The Morgan fingerprint density at radius 1 is 1.17 bits per heavy atom. The standard InChI is InChI=1S/C15H11Cl2N5O2/c16-13-5-12(22(23)24)6-14(17)15(13)19-7-10-1-3-11(4-2-10)21-9-18-8-20-21/h1-6,8-9,19H,7H2. The van der Waals surface area contributed by atoms with Crippen molar-refractivity contribution in [2.45, 2.75) is 6.54 Å². The molecular weight excluding hydrogens is 353 g/mol. The summed E-state index contributed by atoms with van der Waals surface area (Å²) in [6, 6.07) is 10.2. The molecule has 0 atom stereocenters. The van der Waals surface area contributed by atoms with Crippen LogP contribution in [-0.4, -0.2) is 19.7 Å². The Morgan fingerprint density at radius 2 is 1.83 bits per heavy atom. The molecule has 9 heteroatoms. The number of benzene rings is 2. The summed E-state index contributed by atoms with van der Waals surface area (Å²) in [4.78, 5) is 14.1. The molecule has 0 spiro atoms. The highest BCUT2D eigenvalue weighted by Crippen LogP contribution is 2.34. The van der Waals surface area contributed by atoms with E-state index in [0.29, 0.717) is 12.2 Å². The molecule has 0 saturated carbocycles. The summed E-state index contributed by atoms with van der Waals surface area (Å²) in [6.45, 7) is 0.467. The maximum atomic E-state index is 10.8. The van der Waals surface area contributed by atoms with E-state index in [1.807, 2.05) is 24.3 Å². The molecule has 0 unspecified atom stereocenters. The highest BCUT2D eigenvalue weighted by molar-refractivity contribution is 6.39. The number of nitro benzene ring substituents is 1. The average Bonchev–Trinajstić information content (AvgIpc) is 3.09. The fraction of sp³-hybridized carbons (Fsp3) is 0.0667. The van der Waals surface area contributed by atoms with Crippen LogP contribution in [0.1, 0.15) is 5.56 Å². The smallest absolute Gasteiger partial charge is 0.272 e. The molecule has 1 heterocycles. The van der Waals surface area contributed by atoms with Gasteiger partial charge in [-0.05, 0) is 17.7 Å². The van der Waals surface area contributed by atoms with E-state index >= 15 is 0 Å². The second-order valence-electron chi connectivity index (χ2n) is 4.90. The lowest BCUT2D eigenvalue weighted by Gasteiger charge is -2.11. The Bertz CT molecular complexity index is 843. The first-order valence-electron chi connectivity index (χ1n) is 6.86. The molecule has 0 radical (unpaired) electrons. The van der Waals surface area contributed by atoms with Gasteiger partial charge in [-0.3, -0.25) is 10.1 Å². The van der Waals surface area contributed by atoms with Gasteiger partial charge in [0.2, 0.25) is 0 Å². The van der Waals surface area contributed by atoms with Crippen molar-refractivity contribution in [2.24, 2.45) is 0 Å². The minimum atomic E-state index is -0.537. The predicted molar refractivity (Wildman–Crippen MR) is 91.8 cm³/mol. The third-order valence-corrected chi connectivity index (χ3v) is 3.92. The van der Waals surface area contributed by atoms with Crippen LogP contribution in [0, 0.1) is 10.1 Å². The van der Waals surface area contributed by atoms with E-state index in [1.165, 1.54) is 18.5 Å². The first-order chi connectivity index (χ1) is 11.5. The first-order valence-corrected chi connectivity index (χ1v) is 7.61. The van der Waals surface area contributed by atoms with Gasteiger partial charge in [0.1, 0.15) is 12.7 Å². The summed E-state index contributed by atoms with van der Waals surface area (Å²) in [7, 11) is 0. The third kappa shape index (κ3) is 3.47. The molecular formula is C15H11Cl2N5O2. The second kappa shape index (κ2) is 6.86. The maximum Gasteiger partial charge on any atom is 0.272 e. The molecule has 0 amide bonds. The molecule has 0 aliphatic heterocycles. The minimum Gasteiger partial charge on any atom is -0.379 e. The molecule has 3 aromatic rings. The summed E-state index contributed by atoms with van der Waals surface area (Å²) < 4.78 is 1.65. The summed E-state index contributed by atoms with van der Waals surface area (Å²) >= 11 is 12.1. The topological polar surface area (TPSA) is 85.9 Å². The van der Waals surface area contributed by atoms with Crippen LogP contribution in [0.25, 0.3) is 5.69 Å². The Hall–Kier alpha value is -2.64. The van der Waals surface area contributed by atoms with Crippen molar-refractivity contribution in [1.29, 1.82) is 0 Å². The van der Waals surface area contributed by atoms with Crippen LogP contribution < -0.4 is 5.32 Å². The van der Waals surface area contributed by atoms with Gasteiger partial charge in [0.05, 0.1) is 26.3 Å². The number of nitrogens with zero attached hydrogens (tertiary/aromatic N) is 4. The average molecular weight is 364 g/mol. The van der Waals surface area contributed by atoms with Gasteiger partial charge >= 0.3 is 0 Å². The van der Waals surface area contributed by atoms with Crippen molar-refractivity contribution < 1.29 is 4.92 Å². The van der Waals surface area contributed by atoms with E-state index in [-0.39, 0.29) is 15.7 Å². The lowest BCUT2D eigenvalue weighted by atomic mass is 10.2. The summed E-state index contributed by atoms with van der Waals surface area (Å²) in [5.41, 5.74) is 2.20. The zero-order valence-electron chi connectivity index (χ0n) is 12.2. The van der Waals surface area contributed by atoms with E-state index in [1.54, 1.807) is 11.0 Å². The first kappa shape index (κ1) is 16.2. The fourth-order valence-corrected chi connectivity index (χ4v) is 2.74. The third-order valence-electron chi connectivity index (χ3n) is 3.33. The lowest BCUT2D eigenvalue weighted by molar-refractivity contribution is -0.384. The quantitative estimate of drug-likeness (QED) is 0.544.